The Morgan fingerprint density at radius 1 is 0.771 bits per heavy atom. The van der Waals surface area contributed by atoms with E-state index in [0.717, 1.165) is 5.56 Å². The maximum absolute atomic E-state index is 12.3. The Morgan fingerprint density at radius 2 is 1.26 bits per heavy atom. The lowest BCUT2D eigenvalue weighted by Gasteiger charge is -2.43. The number of aliphatic hydroxyl groups excluding tert-OH is 2. The van der Waals surface area contributed by atoms with Gasteiger partial charge >= 0.3 is 5.97 Å². The van der Waals surface area contributed by atoms with Crippen molar-refractivity contribution < 1.29 is 28.9 Å². The molecule has 2 aromatic rings. The predicted molar refractivity (Wildman–Crippen MR) is 141 cm³/mol. The van der Waals surface area contributed by atoms with Gasteiger partial charge in [0.1, 0.15) is 24.9 Å². The van der Waals surface area contributed by atoms with E-state index in [0.29, 0.717) is 22.2 Å². The molecule has 0 spiro atoms. The summed E-state index contributed by atoms with van der Waals surface area (Å²) in [6.45, 7) is 13.0. The third-order valence-corrected chi connectivity index (χ3v) is 12.7. The summed E-state index contributed by atoms with van der Waals surface area (Å²) in [5.41, 5.74) is 2.38. The average Bonchev–Trinajstić information content (AvgIpc) is 2.83. The van der Waals surface area contributed by atoms with Crippen molar-refractivity contribution in [3.63, 3.8) is 0 Å². The van der Waals surface area contributed by atoms with Crippen LogP contribution in [0.5, 0.6) is 0 Å². The summed E-state index contributed by atoms with van der Waals surface area (Å²) < 4.78 is 17.8. The highest BCUT2D eigenvalue weighted by molar-refractivity contribution is 6.77. The molecule has 6 nitrogen and oxygen atoms in total. The highest BCUT2D eigenvalue weighted by Crippen LogP contribution is 2.42. The first-order valence-corrected chi connectivity index (χ1v) is 14.6. The molecule has 2 N–H and O–H groups in total. The summed E-state index contributed by atoms with van der Waals surface area (Å²) in [5, 5.41) is 22.0. The van der Waals surface area contributed by atoms with Crippen LogP contribution in [0.3, 0.4) is 0 Å². The van der Waals surface area contributed by atoms with Crippen molar-refractivity contribution >= 4 is 14.3 Å². The summed E-state index contributed by atoms with van der Waals surface area (Å²) in [7, 11) is -2.22. The molecule has 0 radical (unpaired) electrons. The molecule has 0 aliphatic heterocycles. The fourth-order valence-corrected chi connectivity index (χ4v) is 10.4. The number of hydrogen-bond donors (Lipinski definition) is 2. The Hall–Kier alpha value is -2.03. The standard InChI is InChI=1S/C28H42O6Si/c1-20(2)35(21(3)4,22(5)6)34-19-26(30)27(32-17-23-13-9-7-10-14-23)25(29)18-33-28(31)24-15-11-8-12-16-24/h7-16,20-22,25-27,29-30H,17-19H2,1-6H3/t25-,26+,27+/m1/s1. The highest BCUT2D eigenvalue weighted by Gasteiger charge is 2.46. The van der Waals surface area contributed by atoms with E-state index >= 15 is 0 Å². The summed E-state index contributed by atoms with van der Waals surface area (Å²) >= 11 is 0. The smallest absolute Gasteiger partial charge is 0.338 e. The topological polar surface area (TPSA) is 85.2 Å². The first-order valence-electron chi connectivity index (χ1n) is 12.5. The number of benzene rings is 2. The van der Waals surface area contributed by atoms with Crippen LogP contribution < -0.4 is 0 Å². The number of carbonyl (C=O) groups is 1. The van der Waals surface area contributed by atoms with Gasteiger partial charge in [0.15, 0.2) is 8.32 Å². The minimum absolute atomic E-state index is 0.0455. The molecule has 0 amide bonds. The molecule has 3 atom stereocenters. The number of rotatable bonds is 14. The Morgan fingerprint density at radius 3 is 1.77 bits per heavy atom. The van der Waals surface area contributed by atoms with E-state index in [-0.39, 0.29) is 19.8 Å². The van der Waals surface area contributed by atoms with Gasteiger partial charge in [-0.05, 0) is 34.3 Å². The molecule has 0 bridgehead atoms. The third kappa shape index (κ3) is 7.98. The normalized spacial score (nSPS) is 14.8. The van der Waals surface area contributed by atoms with Gasteiger partial charge < -0.3 is 24.1 Å². The fraction of sp³-hybridized carbons (Fsp3) is 0.536. The summed E-state index contributed by atoms with van der Waals surface area (Å²) in [6.07, 6.45) is -3.30. The van der Waals surface area contributed by atoms with Crippen molar-refractivity contribution in [1.82, 2.24) is 0 Å². The maximum Gasteiger partial charge on any atom is 0.338 e. The van der Waals surface area contributed by atoms with Crippen molar-refractivity contribution in [2.75, 3.05) is 13.2 Å². The van der Waals surface area contributed by atoms with Gasteiger partial charge in [0, 0.05) is 0 Å². The molecule has 2 aromatic carbocycles. The van der Waals surface area contributed by atoms with Gasteiger partial charge in [-0.1, -0.05) is 90.1 Å². The fourth-order valence-electron chi connectivity index (χ4n) is 4.98. The number of carbonyl (C=O) groups excluding carboxylic acids is 1. The largest absolute Gasteiger partial charge is 0.459 e. The zero-order valence-electron chi connectivity index (χ0n) is 21.9. The highest BCUT2D eigenvalue weighted by atomic mass is 28.4. The Bertz CT molecular complexity index is 850. The molecule has 7 heteroatoms. The summed E-state index contributed by atoms with van der Waals surface area (Å²) in [6, 6.07) is 18.1. The quantitative estimate of drug-likeness (QED) is 0.268. The van der Waals surface area contributed by atoms with Crippen LogP contribution in [0.4, 0.5) is 0 Å². The van der Waals surface area contributed by atoms with Crippen LogP contribution in [-0.2, 0) is 20.5 Å². The van der Waals surface area contributed by atoms with Gasteiger partial charge in [0.05, 0.1) is 18.8 Å². The van der Waals surface area contributed by atoms with E-state index in [9.17, 15) is 15.0 Å². The van der Waals surface area contributed by atoms with Crippen LogP contribution in [0.2, 0.25) is 16.6 Å². The zero-order valence-corrected chi connectivity index (χ0v) is 22.9. The molecule has 0 aliphatic carbocycles. The van der Waals surface area contributed by atoms with Gasteiger partial charge in [-0.3, -0.25) is 0 Å². The van der Waals surface area contributed by atoms with Gasteiger partial charge in [-0.2, -0.15) is 0 Å². The molecule has 0 aliphatic rings. The molecular weight excluding hydrogens is 460 g/mol. The lowest BCUT2D eigenvalue weighted by molar-refractivity contribution is -0.129. The van der Waals surface area contributed by atoms with E-state index in [4.69, 9.17) is 13.9 Å². The number of hydrogen-bond acceptors (Lipinski definition) is 6. The Balaban J connectivity index is 2.13. The minimum Gasteiger partial charge on any atom is -0.459 e. The van der Waals surface area contributed by atoms with Gasteiger partial charge in [0.25, 0.3) is 0 Å². The van der Waals surface area contributed by atoms with Crippen molar-refractivity contribution in [2.24, 2.45) is 0 Å². The molecule has 0 saturated heterocycles. The van der Waals surface area contributed by atoms with Gasteiger partial charge in [-0.25, -0.2) is 4.79 Å². The second kappa shape index (κ2) is 13.9. The van der Waals surface area contributed by atoms with Crippen LogP contribution >= 0.6 is 0 Å². The van der Waals surface area contributed by atoms with Crippen molar-refractivity contribution in [1.29, 1.82) is 0 Å². The van der Waals surface area contributed by atoms with E-state index in [2.05, 4.69) is 41.5 Å². The van der Waals surface area contributed by atoms with Crippen LogP contribution in [0, 0.1) is 0 Å². The van der Waals surface area contributed by atoms with Crippen molar-refractivity contribution in [2.45, 2.75) is 83.1 Å². The summed E-state index contributed by atoms with van der Waals surface area (Å²) in [5.74, 6) is -0.539. The molecule has 0 heterocycles. The molecule has 194 valence electrons. The molecule has 0 fully saturated rings. The molecular formula is C28H42O6Si. The summed E-state index contributed by atoms with van der Waals surface area (Å²) in [4.78, 5) is 12.3. The maximum atomic E-state index is 12.3. The first-order chi connectivity index (χ1) is 16.6. The van der Waals surface area contributed by atoms with Gasteiger partial charge in [-0.15, -0.1) is 0 Å². The van der Waals surface area contributed by atoms with Crippen LogP contribution in [0.15, 0.2) is 60.7 Å². The second-order valence-electron chi connectivity index (χ2n) is 9.99. The SMILES string of the molecule is CC(C)[Si](OC[C@H](O)[C@@H](OCc1ccccc1)[C@H](O)COC(=O)c1ccccc1)(C(C)C)C(C)C. The number of aliphatic hydroxyl groups is 2. The average molecular weight is 503 g/mol. The van der Waals surface area contributed by atoms with Crippen LogP contribution in [0.25, 0.3) is 0 Å². The zero-order chi connectivity index (χ0) is 26.0. The monoisotopic (exact) mass is 502 g/mol. The molecule has 35 heavy (non-hydrogen) atoms. The third-order valence-electron chi connectivity index (χ3n) is 6.65. The van der Waals surface area contributed by atoms with Gasteiger partial charge in [0.2, 0.25) is 0 Å². The predicted octanol–water partition coefficient (Wildman–Crippen LogP) is 5.34. The van der Waals surface area contributed by atoms with E-state index < -0.39 is 32.6 Å². The number of esters is 1. The minimum atomic E-state index is -2.22. The second-order valence-corrected chi connectivity index (χ2v) is 15.4. The van der Waals surface area contributed by atoms with Crippen molar-refractivity contribution in [3.05, 3.63) is 71.8 Å². The molecule has 0 aromatic heterocycles. The Labute approximate surface area is 211 Å². The number of ether oxygens (including phenoxy) is 2. The van der Waals surface area contributed by atoms with Crippen LogP contribution in [0.1, 0.15) is 57.5 Å². The molecule has 0 saturated carbocycles. The lowest BCUT2D eigenvalue weighted by atomic mass is 10.1. The lowest BCUT2D eigenvalue weighted by Crippen LogP contribution is -2.52. The first kappa shape index (κ1) is 29.2. The van der Waals surface area contributed by atoms with E-state index in [1.54, 1.807) is 24.3 Å². The van der Waals surface area contributed by atoms with E-state index in [1.165, 1.54) is 0 Å². The molecule has 0 unspecified atom stereocenters. The van der Waals surface area contributed by atoms with Crippen molar-refractivity contribution in [3.8, 4) is 0 Å². The molecule has 2 rings (SSSR count). The van der Waals surface area contributed by atoms with E-state index in [1.807, 2.05) is 36.4 Å². The van der Waals surface area contributed by atoms with Crippen LogP contribution in [-0.4, -0.2) is 56.0 Å². The Kier molecular flexibility index (Phi) is 11.6.